The Kier molecular flexibility index (Phi) is 28.4. The van der Waals surface area contributed by atoms with E-state index in [1.807, 2.05) is 0 Å². The highest BCUT2D eigenvalue weighted by molar-refractivity contribution is 7.47. The van der Waals surface area contributed by atoms with Gasteiger partial charge in [-0.05, 0) is 12.8 Å². The van der Waals surface area contributed by atoms with Gasteiger partial charge in [0, 0.05) is 19.4 Å². The number of esters is 2. The molecule has 0 spiro atoms. The monoisotopic (exact) mass is 607 g/mol. The van der Waals surface area contributed by atoms with Crippen LogP contribution in [0.4, 0.5) is 0 Å². The third-order valence-corrected chi connectivity index (χ3v) is 7.98. The van der Waals surface area contributed by atoms with Gasteiger partial charge in [-0.25, -0.2) is 4.57 Å². The molecule has 0 amide bonds. The van der Waals surface area contributed by atoms with Gasteiger partial charge >= 0.3 is 19.8 Å². The van der Waals surface area contributed by atoms with Crippen LogP contribution in [0.15, 0.2) is 0 Å². The van der Waals surface area contributed by atoms with Crippen molar-refractivity contribution in [1.29, 1.82) is 0 Å². The lowest BCUT2D eigenvalue weighted by Gasteiger charge is -2.19. The van der Waals surface area contributed by atoms with Gasteiger partial charge in [-0.15, -0.1) is 0 Å². The van der Waals surface area contributed by atoms with Gasteiger partial charge in [-0.1, -0.05) is 129 Å². The van der Waals surface area contributed by atoms with E-state index >= 15 is 0 Å². The number of unbranched alkanes of at least 4 members (excludes halogenated alkanes) is 18. The normalized spacial score (nSPS) is 13.6. The van der Waals surface area contributed by atoms with Crippen molar-refractivity contribution in [2.24, 2.45) is 5.73 Å². The average molecular weight is 608 g/mol. The summed E-state index contributed by atoms with van der Waals surface area (Å²) in [5.74, 6) is -0.828. The fourth-order valence-electron chi connectivity index (χ4n) is 4.52. The van der Waals surface area contributed by atoms with Gasteiger partial charge in [0.25, 0.3) is 0 Å². The highest BCUT2D eigenvalue weighted by Gasteiger charge is 2.25. The van der Waals surface area contributed by atoms with Gasteiger partial charge in [-0.3, -0.25) is 18.6 Å². The Hall–Kier alpha value is -0.990. The molecule has 0 radical (unpaired) electrons. The highest BCUT2D eigenvalue weighted by atomic mass is 31.2. The van der Waals surface area contributed by atoms with Gasteiger partial charge in [-0.2, -0.15) is 0 Å². The number of hydrogen-bond acceptors (Lipinski definition) is 8. The van der Waals surface area contributed by atoms with Gasteiger partial charge in [0.15, 0.2) is 6.10 Å². The van der Waals surface area contributed by atoms with Crippen molar-refractivity contribution in [3.05, 3.63) is 0 Å². The molecule has 0 aliphatic rings. The molecule has 3 N–H and O–H groups in total. The van der Waals surface area contributed by atoms with E-state index in [0.717, 1.165) is 32.1 Å². The number of rotatable bonds is 31. The summed E-state index contributed by atoms with van der Waals surface area (Å²) in [5.41, 5.74) is 5.30. The fraction of sp³-hybridized carbons (Fsp3) is 0.935. The molecule has 9 nitrogen and oxygen atoms in total. The summed E-state index contributed by atoms with van der Waals surface area (Å²) >= 11 is 0. The molecule has 41 heavy (non-hydrogen) atoms. The molecule has 0 aromatic carbocycles. The highest BCUT2D eigenvalue weighted by Crippen LogP contribution is 2.43. The van der Waals surface area contributed by atoms with Crippen LogP contribution < -0.4 is 5.73 Å². The Morgan fingerprint density at radius 3 is 1.49 bits per heavy atom. The lowest BCUT2D eigenvalue weighted by Crippen LogP contribution is -2.29. The predicted octanol–water partition coefficient (Wildman–Crippen LogP) is 8.16. The van der Waals surface area contributed by atoms with E-state index in [4.69, 9.17) is 24.3 Å². The summed E-state index contributed by atoms with van der Waals surface area (Å²) in [5, 5.41) is 0. The molecule has 10 heteroatoms. The van der Waals surface area contributed by atoms with E-state index in [1.165, 1.54) is 89.9 Å². The van der Waals surface area contributed by atoms with Gasteiger partial charge in [0.1, 0.15) is 6.61 Å². The minimum atomic E-state index is -4.35. The first-order chi connectivity index (χ1) is 19.8. The first-order valence-corrected chi connectivity index (χ1v) is 18.0. The van der Waals surface area contributed by atoms with Crippen molar-refractivity contribution in [2.45, 2.75) is 161 Å². The average Bonchev–Trinajstić information content (AvgIpc) is 2.95. The molecule has 0 fully saturated rings. The molecule has 0 aromatic rings. The van der Waals surface area contributed by atoms with E-state index in [2.05, 4.69) is 13.8 Å². The quantitative estimate of drug-likeness (QED) is 0.0454. The number of ether oxygens (including phenoxy) is 2. The lowest BCUT2D eigenvalue weighted by atomic mass is 10.1. The first-order valence-electron chi connectivity index (χ1n) is 16.5. The predicted molar refractivity (Wildman–Crippen MR) is 165 cm³/mol. The maximum atomic E-state index is 12.4. The second-order valence-corrected chi connectivity index (χ2v) is 12.5. The van der Waals surface area contributed by atoms with Crippen LogP contribution in [0.3, 0.4) is 0 Å². The minimum Gasteiger partial charge on any atom is -0.462 e. The van der Waals surface area contributed by atoms with Crippen molar-refractivity contribution in [1.82, 2.24) is 0 Å². The van der Waals surface area contributed by atoms with Crippen LogP contribution in [0.2, 0.25) is 0 Å². The van der Waals surface area contributed by atoms with Crippen LogP contribution in [-0.2, 0) is 32.7 Å². The van der Waals surface area contributed by atoms with Crippen molar-refractivity contribution in [2.75, 3.05) is 26.4 Å². The third-order valence-electron chi connectivity index (χ3n) is 6.99. The Bertz CT molecular complexity index is 664. The van der Waals surface area contributed by atoms with Crippen LogP contribution in [-0.4, -0.2) is 49.3 Å². The molecular formula is C31H62NO8P. The van der Waals surface area contributed by atoms with E-state index in [-0.39, 0.29) is 38.6 Å². The Balaban J connectivity index is 4.28. The lowest BCUT2D eigenvalue weighted by molar-refractivity contribution is -0.161. The van der Waals surface area contributed by atoms with Crippen molar-refractivity contribution in [3.8, 4) is 0 Å². The number of phosphoric ester groups is 1. The summed E-state index contributed by atoms with van der Waals surface area (Å²) in [7, 11) is -4.35. The largest absolute Gasteiger partial charge is 0.472 e. The maximum Gasteiger partial charge on any atom is 0.472 e. The zero-order valence-electron chi connectivity index (χ0n) is 26.3. The Morgan fingerprint density at radius 1 is 0.634 bits per heavy atom. The number of nitrogens with two attached hydrogens (primary N) is 1. The van der Waals surface area contributed by atoms with Crippen LogP contribution in [0.1, 0.15) is 155 Å². The van der Waals surface area contributed by atoms with Crippen molar-refractivity contribution >= 4 is 19.8 Å². The smallest absolute Gasteiger partial charge is 0.462 e. The second kappa shape index (κ2) is 29.1. The van der Waals surface area contributed by atoms with Crippen LogP contribution >= 0.6 is 7.82 Å². The number of carbonyl (C=O) groups is 2. The standard InChI is InChI=1S/C31H62NO8P/c1-3-5-7-9-11-13-14-16-17-19-21-23-30(33)37-27-29(28-39-41(35,36)38-26-25-32)40-31(34)24-22-20-18-15-12-10-8-6-4-2/h29H,3-28,32H2,1-2H3,(H,35,36)/t29-/m1/s1. The third kappa shape index (κ3) is 28.9. The van der Waals surface area contributed by atoms with E-state index in [9.17, 15) is 19.0 Å². The second-order valence-electron chi connectivity index (χ2n) is 11.0. The molecule has 0 aliphatic heterocycles. The zero-order chi connectivity index (χ0) is 30.4. The summed E-state index contributed by atoms with van der Waals surface area (Å²) in [4.78, 5) is 34.4. The Morgan fingerprint density at radius 2 is 1.05 bits per heavy atom. The molecule has 244 valence electrons. The number of carbonyl (C=O) groups excluding carboxylic acids is 2. The molecule has 0 saturated heterocycles. The van der Waals surface area contributed by atoms with E-state index in [1.54, 1.807) is 0 Å². The SMILES string of the molecule is CCCCCCCCCCCCCC(=O)OC[C@H](COP(=O)(O)OCCN)OC(=O)CCCCCCCCCCC. The summed E-state index contributed by atoms with van der Waals surface area (Å²) < 4.78 is 32.4. The van der Waals surface area contributed by atoms with Crippen LogP contribution in [0.25, 0.3) is 0 Å². The van der Waals surface area contributed by atoms with Gasteiger partial charge < -0.3 is 20.1 Å². The molecule has 0 aliphatic carbocycles. The summed E-state index contributed by atoms with van der Waals surface area (Å²) in [6.45, 7) is 3.68. The number of hydrogen-bond donors (Lipinski definition) is 2. The zero-order valence-corrected chi connectivity index (χ0v) is 27.2. The molecule has 0 bridgehead atoms. The van der Waals surface area contributed by atoms with Crippen molar-refractivity contribution < 1.29 is 37.6 Å². The molecule has 1 unspecified atom stereocenters. The molecule has 0 aromatic heterocycles. The van der Waals surface area contributed by atoms with Crippen LogP contribution in [0.5, 0.6) is 0 Å². The first kappa shape index (κ1) is 40.0. The molecular weight excluding hydrogens is 545 g/mol. The molecule has 2 atom stereocenters. The Labute approximate surface area is 250 Å². The van der Waals surface area contributed by atoms with E-state index in [0.29, 0.717) is 6.42 Å². The van der Waals surface area contributed by atoms with E-state index < -0.39 is 26.5 Å². The topological polar surface area (TPSA) is 134 Å². The maximum absolute atomic E-state index is 12.4. The molecule has 0 heterocycles. The summed E-state index contributed by atoms with van der Waals surface area (Å²) in [6, 6.07) is 0. The van der Waals surface area contributed by atoms with Crippen LogP contribution in [0, 0.1) is 0 Å². The van der Waals surface area contributed by atoms with Gasteiger partial charge in [0.05, 0.1) is 13.2 Å². The van der Waals surface area contributed by atoms with Gasteiger partial charge in [0.2, 0.25) is 0 Å². The number of phosphoric acid groups is 1. The minimum absolute atomic E-state index is 0.0573. The fourth-order valence-corrected chi connectivity index (χ4v) is 5.28. The molecule has 0 rings (SSSR count). The molecule has 0 saturated carbocycles. The summed E-state index contributed by atoms with van der Waals surface area (Å²) in [6.07, 6.45) is 22.8. The van der Waals surface area contributed by atoms with Crippen molar-refractivity contribution in [3.63, 3.8) is 0 Å².